The maximum atomic E-state index is 2.42. The SMILES string of the molecule is CCC1(C)CCCc2cc(C)ccc21. The molecule has 0 spiro atoms. The summed E-state index contributed by atoms with van der Waals surface area (Å²) < 4.78 is 0. The average molecular weight is 188 g/mol. The summed E-state index contributed by atoms with van der Waals surface area (Å²) in [5.74, 6) is 0. The van der Waals surface area contributed by atoms with Crippen molar-refractivity contribution < 1.29 is 0 Å². The van der Waals surface area contributed by atoms with E-state index in [0.29, 0.717) is 5.41 Å². The smallest absolute Gasteiger partial charge is 0.00750 e. The Bertz CT molecular complexity index is 338. The molecular weight excluding hydrogens is 168 g/mol. The molecule has 0 N–H and O–H groups in total. The van der Waals surface area contributed by atoms with Crippen LogP contribution in [0.4, 0.5) is 0 Å². The summed E-state index contributed by atoms with van der Waals surface area (Å²) in [4.78, 5) is 0. The summed E-state index contributed by atoms with van der Waals surface area (Å²) in [7, 11) is 0. The zero-order valence-electron chi connectivity index (χ0n) is 9.56. The van der Waals surface area contributed by atoms with Gasteiger partial charge in [0, 0.05) is 0 Å². The van der Waals surface area contributed by atoms with Gasteiger partial charge in [0.25, 0.3) is 0 Å². The Labute approximate surface area is 87.3 Å². The van der Waals surface area contributed by atoms with Crippen molar-refractivity contribution in [1.29, 1.82) is 0 Å². The molecule has 0 fully saturated rings. The first-order valence-electron chi connectivity index (χ1n) is 5.76. The molecule has 0 heteroatoms. The zero-order valence-corrected chi connectivity index (χ0v) is 9.56. The molecule has 1 unspecified atom stereocenters. The van der Waals surface area contributed by atoms with Gasteiger partial charge in [-0.2, -0.15) is 0 Å². The minimum absolute atomic E-state index is 0.446. The van der Waals surface area contributed by atoms with Gasteiger partial charge in [0.1, 0.15) is 0 Å². The predicted molar refractivity (Wildman–Crippen MR) is 61.8 cm³/mol. The summed E-state index contributed by atoms with van der Waals surface area (Å²) in [6, 6.07) is 6.99. The lowest BCUT2D eigenvalue weighted by molar-refractivity contribution is 0.381. The Hall–Kier alpha value is -0.780. The molecular formula is C14H20. The zero-order chi connectivity index (χ0) is 10.2. The van der Waals surface area contributed by atoms with E-state index >= 15 is 0 Å². The van der Waals surface area contributed by atoms with E-state index in [2.05, 4.69) is 39.0 Å². The summed E-state index contributed by atoms with van der Waals surface area (Å²) in [5, 5.41) is 0. The average Bonchev–Trinajstić information content (AvgIpc) is 2.18. The Morgan fingerprint density at radius 1 is 1.36 bits per heavy atom. The summed E-state index contributed by atoms with van der Waals surface area (Å²) in [6.07, 6.45) is 5.27. The van der Waals surface area contributed by atoms with Crippen LogP contribution in [0.2, 0.25) is 0 Å². The van der Waals surface area contributed by atoms with Crippen LogP contribution in [-0.4, -0.2) is 0 Å². The first-order valence-corrected chi connectivity index (χ1v) is 5.76. The molecule has 1 aromatic rings. The third-order valence-electron chi connectivity index (χ3n) is 3.87. The fraction of sp³-hybridized carbons (Fsp3) is 0.571. The van der Waals surface area contributed by atoms with Crippen molar-refractivity contribution in [2.24, 2.45) is 0 Å². The second-order valence-electron chi connectivity index (χ2n) is 4.93. The van der Waals surface area contributed by atoms with Gasteiger partial charge in [0.2, 0.25) is 0 Å². The minimum atomic E-state index is 0.446. The van der Waals surface area contributed by atoms with E-state index in [4.69, 9.17) is 0 Å². The monoisotopic (exact) mass is 188 g/mol. The van der Waals surface area contributed by atoms with E-state index in [1.54, 1.807) is 11.1 Å². The van der Waals surface area contributed by atoms with Crippen molar-refractivity contribution >= 4 is 0 Å². The van der Waals surface area contributed by atoms with Crippen LogP contribution in [0, 0.1) is 6.92 Å². The molecule has 2 rings (SSSR count). The molecule has 1 aliphatic carbocycles. The van der Waals surface area contributed by atoms with Crippen LogP contribution in [0.1, 0.15) is 49.8 Å². The highest BCUT2D eigenvalue weighted by molar-refractivity contribution is 5.38. The van der Waals surface area contributed by atoms with Gasteiger partial charge in [-0.1, -0.05) is 37.6 Å². The number of fused-ring (bicyclic) bond motifs is 1. The van der Waals surface area contributed by atoms with Gasteiger partial charge in [-0.25, -0.2) is 0 Å². The largest absolute Gasteiger partial charge is 0.0645 e. The Balaban J connectivity index is 2.50. The predicted octanol–water partition coefficient (Wildman–Crippen LogP) is 4.00. The van der Waals surface area contributed by atoms with E-state index < -0.39 is 0 Å². The second kappa shape index (κ2) is 3.42. The Morgan fingerprint density at radius 3 is 2.86 bits per heavy atom. The van der Waals surface area contributed by atoms with Crippen LogP contribution in [0.25, 0.3) is 0 Å². The Morgan fingerprint density at radius 2 is 2.14 bits per heavy atom. The number of aryl methyl sites for hydroxylation is 2. The van der Waals surface area contributed by atoms with Gasteiger partial charge in [0.05, 0.1) is 0 Å². The fourth-order valence-corrected chi connectivity index (χ4v) is 2.69. The van der Waals surface area contributed by atoms with Gasteiger partial charge in [-0.15, -0.1) is 0 Å². The molecule has 0 nitrogen and oxygen atoms in total. The van der Waals surface area contributed by atoms with Gasteiger partial charge in [-0.05, 0) is 49.1 Å². The molecule has 76 valence electrons. The molecule has 0 heterocycles. The molecule has 0 saturated heterocycles. The summed E-state index contributed by atoms with van der Waals surface area (Å²) in [6.45, 7) is 6.92. The van der Waals surface area contributed by atoms with Gasteiger partial charge in [-0.3, -0.25) is 0 Å². The van der Waals surface area contributed by atoms with Crippen molar-refractivity contribution in [1.82, 2.24) is 0 Å². The van der Waals surface area contributed by atoms with Crippen molar-refractivity contribution in [2.75, 3.05) is 0 Å². The molecule has 0 aliphatic heterocycles. The van der Waals surface area contributed by atoms with Crippen LogP contribution in [0.5, 0.6) is 0 Å². The van der Waals surface area contributed by atoms with Crippen LogP contribution in [0.3, 0.4) is 0 Å². The highest BCUT2D eigenvalue weighted by atomic mass is 14.3. The maximum absolute atomic E-state index is 2.42. The van der Waals surface area contributed by atoms with Crippen LogP contribution < -0.4 is 0 Å². The topological polar surface area (TPSA) is 0 Å². The highest BCUT2D eigenvalue weighted by Crippen LogP contribution is 2.39. The summed E-state index contributed by atoms with van der Waals surface area (Å²) in [5.41, 5.74) is 5.06. The van der Waals surface area contributed by atoms with Crippen molar-refractivity contribution in [3.63, 3.8) is 0 Å². The minimum Gasteiger partial charge on any atom is -0.0645 e. The third kappa shape index (κ3) is 1.47. The van der Waals surface area contributed by atoms with Crippen LogP contribution in [0.15, 0.2) is 18.2 Å². The molecule has 0 saturated carbocycles. The maximum Gasteiger partial charge on any atom is -0.00750 e. The van der Waals surface area contributed by atoms with Gasteiger partial charge >= 0.3 is 0 Å². The molecule has 0 aromatic heterocycles. The lowest BCUT2D eigenvalue weighted by Gasteiger charge is -2.35. The molecule has 1 aliphatic rings. The van der Waals surface area contributed by atoms with Crippen LogP contribution >= 0.6 is 0 Å². The molecule has 1 atom stereocenters. The van der Waals surface area contributed by atoms with Crippen molar-refractivity contribution in [3.8, 4) is 0 Å². The number of hydrogen-bond donors (Lipinski definition) is 0. The molecule has 0 radical (unpaired) electrons. The molecule has 0 bridgehead atoms. The van der Waals surface area contributed by atoms with E-state index in [0.717, 1.165) is 0 Å². The molecule has 1 aromatic carbocycles. The quantitative estimate of drug-likeness (QED) is 0.625. The van der Waals surface area contributed by atoms with E-state index in [9.17, 15) is 0 Å². The Kier molecular flexibility index (Phi) is 2.38. The van der Waals surface area contributed by atoms with Crippen LogP contribution in [-0.2, 0) is 11.8 Å². The molecule has 14 heavy (non-hydrogen) atoms. The van der Waals surface area contributed by atoms with E-state index in [1.165, 1.54) is 31.2 Å². The van der Waals surface area contributed by atoms with Crippen molar-refractivity contribution in [2.45, 2.75) is 51.9 Å². The standard InChI is InChI=1S/C14H20/c1-4-14(3)9-5-6-12-10-11(2)7-8-13(12)14/h7-8,10H,4-6,9H2,1-3H3. The lowest BCUT2D eigenvalue weighted by Crippen LogP contribution is -2.26. The number of rotatable bonds is 1. The molecule has 0 amide bonds. The van der Waals surface area contributed by atoms with Crippen molar-refractivity contribution in [3.05, 3.63) is 34.9 Å². The van der Waals surface area contributed by atoms with Gasteiger partial charge in [0.15, 0.2) is 0 Å². The number of hydrogen-bond acceptors (Lipinski definition) is 0. The number of benzene rings is 1. The second-order valence-corrected chi connectivity index (χ2v) is 4.93. The fourth-order valence-electron chi connectivity index (χ4n) is 2.69. The summed E-state index contributed by atoms with van der Waals surface area (Å²) >= 11 is 0. The first kappa shape index (κ1) is 9.76. The van der Waals surface area contributed by atoms with Gasteiger partial charge < -0.3 is 0 Å². The lowest BCUT2D eigenvalue weighted by atomic mass is 9.69. The normalized spacial score (nSPS) is 25.9. The van der Waals surface area contributed by atoms with E-state index in [-0.39, 0.29) is 0 Å². The van der Waals surface area contributed by atoms with E-state index in [1.807, 2.05) is 0 Å². The highest BCUT2D eigenvalue weighted by Gasteiger charge is 2.29. The third-order valence-corrected chi connectivity index (χ3v) is 3.87. The first-order chi connectivity index (χ1) is 6.65.